The van der Waals surface area contributed by atoms with E-state index in [0.717, 1.165) is 16.5 Å². The Hall–Kier alpha value is -1.90. The van der Waals surface area contributed by atoms with Crippen molar-refractivity contribution in [3.05, 3.63) is 41.6 Å². The van der Waals surface area contributed by atoms with Crippen molar-refractivity contribution >= 4 is 16.9 Å². The molecule has 0 aliphatic heterocycles. The predicted octanol–water partition coefficient (Wildman–Crippen LogP) is 3.27. The second-order valence-corrected chi connectivity index (χ2v) is 3.13. The molecule has 84 valence electrons. The third kappa shape index (κ3) is 2.19. The first kappa shape index (κ1) is 12.2. The average Bonchev–Trinajstić information content (AvgIpc) is 2.31. The van der Waals surface area contributed by atoms with Crippen LogP contribution in [0.2, 0.25) is 0 Å². The van der Waals surface area contributed by atoms with Crippen LogP contribution in [0.1, 0.15) is 29.8 Å². The number of rotatable bonds is 1. The summed E-state index contributed by atoms with van der Waals surface area (Å²) in [7, 11) is 0. The summed E-state index contributed by atoms with van der Waals surface area (Å²) in [6, 6.07) is 7.10. The van der Waals surface area contributed by atoms with Crippen LogP contribution in [0.3, 0.4) is 0 Å². The molecule has 2 aromatic rings. The zero-order chi connectivity index (χ0) is 12.1. The number of carbonyl (C=O) groups is 1. The highest BCUT2D eigenvalue weighted by Crippen LogP contribution is 2.20. The first-order chi connectivity index (χ1) is 7.70. The molecule has 2 rings (SSSR count). The molecule has 0 unspecified atom stereocenters. The summed E-state index contributed by atoms with van der Waals surface area (Å²) in [5.74, 6) is -0.910. The van der Waals surface area contributed by atoms with E-state index in [1.807, 2.05) is 39.0 Å². The Labute approximate surface area is 94.8 Å². The number of hydrogen-bond acceptors (Lipinski definition) is 2. The number of aryl methyl sites for hydroxylation is 1. The first-order valence-corrected chi connectivity index (χ1v) is 5.28. The van der Waals surface area contributed by atoms with E-state index in [9.17, 15) is 4.79 Å². The van der Waals surface area contributed by atoms with Crippen LogP contribution in [-0.2, 0) is 0 Å². The lowest BCUT2D eigenvalue weighted by Crippen LogP contribution is -1.99. The second kappa shape index (κ2) is 5.26. The summed E-state index contributed by atoms with van der Waals surface area (Å²) in [6.07, 6.45) is 1.52. The molecule has 0 saturated carbocycles. The van der Waals surface area contributed by atoms with Crippen molar-refractivity contribution in [3.8, 4) is 0 Å². The average molecular weight is 217 g/mol. The lowest BCUT2D eigenvalue weighted by atomic mass is 10.0. The molecule has 0 bridgehead atoms. The van der Waals surface area contributed by atoms with Crippen molar-refractivity contribution in [1.82, 2.24) is 4.98 Å². The van der Waals surface area contributed by atoms with E-state index in [4.69, 9.17) is 5.11 Å². The highest BCUT2D eigenvalue weighted by Gasteiger charge is 2.09. The van der Waals surface area contributed by atoms with Gasteiger partial charge in [-0.2, -0.15) is 0 Å². The quantitative estimate of drug-likeness (QED) is 0.797. The lowest BCUT2D eigenvalue weighted by Gasteiger charge is -2.03. The molecule has 1 aromatic carbocycles. The topological polar surface area (TPSA) is 50.2 Å². The van der Waals surface area contributed by atoms with E-state index < -0.39 is 5.97 Å². The number of aromatic carboxylic acids is 1. The number of carboxylic acids is 1. The van der Waals surface area contributed by atoms with Gasteiger partial charge in [-0.05, 0) is 24.6 Å². The Morgan fingerprint density at radius 1 is 1.25 bits per heavy atom. The van der Waals surface area contributed by atoms with Crippen molar-refractivity contribution < 1.29 is 9.90 Å². The molecule has 0 radical (unpaired) electrons. The van der Waals surface area contributed by atoms with Gasteiger partial charge in [0.1, 0.15) is 0 Å². The Bertz CT molecular complexity index is 501. The van der Waals surface area contributed by atoms with Crippen LogP contribution in [0.15, 0.2) is 30.5 Å². The molecule has 1 heterocycles. The van der Waals surface area contributed by atoms with E-state index in [-0.39, 0.29) is 0 Å². The van der Waals surface area contributed by atoms with Gasteiger partial charge < -0.3 is 5.11 Å². The van der Waals surface area contributed by atoms with Crippen LogP contribution in [0.5, 0.6) is 0 Å². The maximum absolute atomic E-state index is 10.9. The Morgan fingerprint density at radius 3 is 2.56 bits per heavy atom. The SMILES string of the molecule is CC.Cc1cccc2nccc(C(=O)O)c12. The molecule has 0 aliphatic rings. The molecule has 3 heteroatoms. The van der Waals surface area contributed by atoms with Crippen LogP contribution in [0.25, 0.3) is 10.9 Å². The molecular weight excluding hydrogens is 202 g/mol. The minimum Gasteiger partial charge on any atom is -0.478 e. The fourth-order valence-electron chi connectivity index (χ4n) is 1.56. The number of benzene rings is 1. The first-order valence-electron chi connectivity index (χ1n) is 5.28. The summed E-state index contributed by atoms with van der Waals surface area (Å²) in [5, 5.41) is 9.70. The van der Waals surface area contributed by atoms with Gasteiger partial charge in [-0.25, -0.2) is 4.79 Å². The van der Waals surface area contributed by atoms with E-state index >= 15 is 0 Å². The smallest absolute Gasteiger partial charge is 0.336 e. The minimum atomic E-state index is -0.910. The predicted molar refractivity (Wildman–Crippen MR) is 64.8 cm³/mol. The van der Waals surface area contributed by atoms with Gasteiger partial charge in [0.25, 0.3) is 0 Å². The molecular formula is C13H15NO2. The van der Waals surface area contributed by atoms with E-state index in [0.29, 0.717) is 5.56 Å². The van der Waals surface area contributed by atoms with Crippen molar-refractivity contribution in [2.75, 3.05) is 0 Å². The van der Waals surface area contributed by atoms with E-state index in [1.54, 1.807) is 0 Å². The van der Waals surface area contributed by atoms with Crippen molar-refractivity contribution in [1.29, 1.82) is 0 Å². The van der Waals surface area contributed by atoms with Crippen molar-refractivity contribution in [2.24, 2.45) is 0 Å². The zero-order valence-corrected chi connectivity index (χ0v) is 9.69. The highest BCUT2D eigenvalue weighted by atomic mass is 16.4. The van der Waals surface area contributed by atoms with Gasteiger partial charge in [-0.3, -0.25) is 4.98 Å². The van der Waals surface area contributed by atoms with Crippen LogP contribution >= 0.6 is 0 Å². The summed E-state index contributed by atoms with van der Waals surface area (Å²) < 4.78 is 0. The molecule has 16 heavy (non-hydrogen) atoms. The van der Waals surface area contributed by atoms with Gasteiger partial charge in [-0.15, -0.1) is 0 Å². The molecule has 0 fully saturated rings. The molecule has 0 amide bonds. The monoisotopic (exact) mass is 217 g/mol. The standard InChI is InChI=1S/C11H9NO2.C2H6/c1-7-3-2-4-9-10(7)8(11(13)14)5-6-12-9;1-2/h2-6H,1H3,(H,13,14);1-2H3. The maximum atomic E-state index is 10.9. The van der Waals surface area contributed by atoms with Gasteiger partial charge in [0.05, 0.1) is 11.1 Å². The summed E-state index contributed by atoms with van der Waals surface area (Å²) >= 11 is 0. The number of aromatic nitrogens is 1. The molecule has 1 aromatic heterocycles. The Kier molecular flexibility index (Phi) is 4.00. The fraction of sp³-hybridized carbons (Fsp3) is 0.231. The van der Waals surface area contributed by atoms with Gasteiger partial charge in [0, 0.05) is 11.6 Å². The van der Waals surface area contributed by atoms with Crippen LogP contribution in [0.4, 0.5) is 0 Å². The normalized spacial score (nSPS) is 9.44. The van der Waals surface area contributed by atoms with E-state index in [2.05, 4.69) is 4.98 Å². The second-order valence-electron chi connectivity index (χ2n) is 3.13. The van der Waals surface area contributed by atoms with E-state index in [1.165, 1.54) is 12.3 Å². The lowest BCUT2D eigenvalue weighted by molar-refractivity contribution is 0.0699. The fourth-order valence-corrected chi connectivity index (χ4v) is 1.56. The molecule has 1 N–H and O–H groups in total. The zero-order valence-electron chi connectivity index (χ0n) is 9.69. The van der Waals surface area contributed by atoms with Crippen molar-refractivity contribution in [3.63, 3.8) is 0 Å². The number of nitrogens with zero attached hydrogens (tertiary/aromatic N) is 1. The third-order valence-corrected chi connectivity index (χ3v) is 2.21. The number of pyridine rings is 1. The number of fused-ring (bicyclic) bond motifs is 1. The number of hydrogen-bond donors (Lipinski definition) is 1. The summed E-state index contributed by atoms with van der Waals surface area (Å²) in [4.78, 5) is 15.1. The van der Waals surface area contributed by atoms with Gasteiger partial charge in [-0.1, -0.05) is 26.0 Å². The Morgan fingerprint density at radius 2 is 1.94 bits per heavy atom. The molecule has 3 nitrogen and oxygen atoms in total. The molecule has 0 atom stereocenters. The van der Waals surface area contributed by atoms with Gasteiger partial charge >= 0.3 is 5.97 Å². The maximum Gasteiger partial charge on any atom is 0.336 e. The molecule has 0 aliphatic carbocycles. The Balaban J connectivity index is 0.000000606. The van der Waals surface area contributed by atoms with Crippen molar-refractivity contribution in [2.45, 2.75) is 20.8 Å². The summed E-state index contributed by atoms with van der Waals surface area (Å²) in [6.45, 7) is 5.89. The largest absolute Gasteiger partial charge is 0.478 e. The number of carboxylic acid groups (broad SMARTS) is 1. The molecule has 0 spiro atoms. The minimum absolute atomic E-state index is 0.313. The highest BCUT2D eigenvalue weighted by molar-refractivity contribution is 6.03. The van der Waals surface area contributed by atoms with Crippen LogP contribution < -0.4 is 0 Å². The van der Waals surface area contributed by atoms with Crippen LogP contribution in [-0.4, -0.2) is 16.1 Å². The summed E-state index contributed by atoms with van der Waals surface area (Å²) in [5.41, 5.74) is 1.98. The third-order valence-electron chi connectivity index (χ3n) is 2.21. The van der Waals surface area contributed by atoms with Gasteiger partial charge in [0.2, 0.25) is 0 Å². The van der Waals surface area contributed by atoms with Gasteiger partial charge in [0.15, 0.2) is 0 Å². The molecule has 0 saturated heterocycles. The van der Waals surface area contributed by atoms with Crippen LogP contribution in [0, 0.1) is 6.92 Å².